The van der Waals surface area contributed by atoms with Crippen LogP contribution < -0.4 is 0 Å². The van der Waals surface area contributed by atoms with Crippen LogP contribution in [0.25, 0.3) is 0 Å². The van der Waals surface area contributed by atoms with Gasteiger partial charge >= 0.3 is 35.6 Å². The van der Waals surface area contributed by atoms with Gasteiger partial charge in [0.1, 0.15) is 0 Å². The van der Waals surface area contributed by atoms with E-state index in [2.05, 4.69) is 0 Å². The maximum atomic E-state index is 13.1. The van der Waals surface area contributed by atoms with Crippen molar-refractivity contribution in [2.75, 3.05) is 0 Å². The average Bonchev–Trinajstić information content (AvgIpc) is 2.33. The Hall–Kier alpha value is -1.62. The summed E-state index contributed by atoms with van der Waals surface area (Å²) in [6.07, 6.45) is -7.89. The van der Waals surface area contributed by atoms with Gasteiger partial charge in [-0.1, -0.05) is 0 Å². The first-order valence-corrected chi connectivity index (χ1v) is 5.53. The van der Waals surface area contributed by atoms with E-state index in [1.165, 1.54) is 0 Å². The quantitative estimate of drug-likeness (QED) is 0.629. The molecule has 0 fully saturated rings. The van der Waals surface area contributed by atoms with Gasteiger partial charge in [0.25, 0.3) is 0 Å². The van der Waals surface area contributed by atoms with Crippen LogP contribution in [0.5, 0.6) is 0 Å². The monoisotopic (exact) mass is 346 g/mol. The normalized spacial score (nSPS) is 14.0. The minimum absolute atomic E-state index is 1.65. The lowest BCUT2D eigenvalue weighted by atomic mass is 9.93. The fraction of sp³-hybridized carbons (Fsp3) is 0.800. The molecule has 0 amide bonds. The van der Waals surface area contributed by atoms with E-state index in [1.807, 2.05) is 0 Å². The molecule has 0 spiro atoms. The molecule has 0 aromatic heterocycles. The fourth-order valence-corrected chi connectivity index (χ4v) is 1.30. The number of carboxylic acid groups (broad SMARTS) is 2. The summed E-state index contributed by atoms with van der Waals surface area (Å²) in [4.78, 5) is 20.0. The van der Waals surface area contributed by atoms with E-state index in [4.69, 9.17) is 10.2 Å². The minimum Gasteiger partial charge on any atom is -0.481 e. The van der Waals surface area contributed by atoms with Gasteiger partial charge in [-0.3, -0.25) is 9.59 Å². The third kappa shape index (κ3) is 3.97. The lowest BCUT2D eigenvalue weighted by Gasteiger charge is -2.36. The number of halogens is 8. The summed E-state index contributed by atoms with van der Waals surface area (Å²) in [5.41, 5.74) is 0. The van der Waals surface area contributed by atoms with Gasteiger partial charge in [-0.15, -0.1) is 0 Å². The molecule has 2 N–H and O–H groups in total. The highest BCUT2D eigenvalue weighted by molar-refractivity contribution is 5.67. The van der Waals surface area contributed by atoms with Gasteiger partial charge in [-0.05, 0) is 0 Å². The van der Waals surface area contributed by atoms with Crippen molar-refractivity contribution >= 4 is 11.9 Å². The molecule has 22 heavy (non-hydrogen) atoms. The molecule has 0 aliphatic rings. The van der Waals surface area contributed by atoms with E-state index in [0.717, 1.165) is 0 Å². The molecule has 0 saturated heterocycles. The first kappa shape index (κ1) is 20.4. The summed E-state index contributed by atoms with van der Waals surface area (Å²) in [6.45, 7) is 0. The first-order valence-electron chi connectivity index (χ1n) is 5.53. The Bertz CT molecular complexity index is 395. The summed E-state index contributed by atoms with van der Waals surface area (Å²) < 4.78 is 105. The van der Waals surface area contributed by atoms with Crippen LogP contribution in [0.1, 0.15) is 25.7 Å². The van der Waals surface area contributed by atoms with Crippen molar-refractivity contribution in [3.8, 4) is 0 Å². The van der Waals surface area contributed by atoms with Crippen LogP contribution in [0.4, 0.5) is 35.1 Å². The van der Waals surface area contributed by atoms with Crippen molar-refractivity contribution in [3.05, 3.63) is 0 Å². The average molecular weight is 346 g/mol. The molecule has 0 aromatic rings. The highest BCUT2D eigenvalue weighted by atomic mass is 19.4. The second-order valence-electron chi connectivity index (χ2n) is 4.35. The van der Waals surface area contributed by atoms with E-state index < -0.39 is 61.3 Å². The van der Waals surface area contributed by atoms with Gasteiger partial charge in [-0.2, -0.15) is 35.1 Å². The topological polar surface area (TPSA) is 74.6 Å². The zero-order valence-corrected chi connectivity index (χ0v) is 10.6. The first-order chi connectivity index (χ1) is 9.58. The Morgan fingerprint density at radius 1 is 0.636 bits per heavy atom. The molecule has 0 atom stereocenters. The van der Waals surface area contributed by atoms with E-state index in [-0.39, 0.29) is 0 Å². The SMILES string of the molecule is O=C(O)CCC(F)(F)C(F)(F)C(F)(F)C(F)(F)CCC(=O)O. The number of rotatable bonds is 9. The smallest absolute Gasteiger partial charge is 0.378 e. The zero-order chi connectivity index (χ0) is 18.0. The summed E-state index contributed by atoms with van der Waals surface area (Å²) >= 11 is 0. The van der Waals surface area contributed by atoms with Crippen LogP contribution in [-0.4, -0.2) is 45.8 Å². The van der Waals surface area contributed by atoms with Crippen molar-refractivity contribution in [1.82, 2.24) is 0 Å². The molecule has 0 radical (unpaired) electrons. The van der Waals surface area contributed by atoms with Crippen molar-refractivity contribution in [2.24, 2.45) is 0 Å². The molecule has 0 aromatic carbocycles. The van der Waals surface area contributed by atoms with Crippen LogP contribution >= 0.6 is 0 Å². The largest absolute Gasteiger partial charge is 0.481 e. The number of carbonyl (C=O) groups is 2. The van der Waals surface area contributed by atoms with Crippen LogP contribution in [0.15, 0.2) is 0 Å². The van der Waals surface area contributed by atoms with Gasteiger partial charge < -0.3 is 10.2 Å². The zero-order valence-electron chi connectivity index (χ0n) is 10.6. The Kier molecular flexibility index (Phi) is 5.78. The molecule has 0 heterocycles. The maximum absolute atomic E-state index is 13.1. The molecule has 0 aliphatic carbocycles. The molecule has 130 valence electrons. The Morgan fingerprint density at radius 2 is 0.864 bits per heavy atom. The van der Waals surface area contributed by atoms with E-state index in [0.29, 0.717) is 0 Å². The van der Waals surface area contributed by atoms with Gasteiger partial charge in [0.2, 0.25) is 0 Å². The Balaban J connectivity index is 5.43. The van der Waals surface area contributed by atoms with Gasteiger partial charge in [0.15, 0.2) is 0 Å². The molecule has 4 nitrogen and oxygen atoms in total. The lowest BCUT2D eigenvalue weighted by molar-refractivity contribution is -0.367. The number of hydrogen-bond donors (Lipinski definition) is 2. The second-order valence-corrected chi connectivity index (χ2v) is 4.35. The van der Waals surface area contributed by atoms with Gasteiger partial charge in [0, 0.05) is 12.8 Å². The molecule has 0 saturated carbocycles. The highest BCUT2D eigenvalue weighted by Gasteiger charge is 2.79. The summed E-state index contributed by atoms with van der Waals surface area (Å²) in [7, 11) is 0. The standard InChI is InChI=1S/C10H10F8O4/c11-7(12,3-1-5(19)20)9(15,16)10(17,18)8(13,14)4-2-6(21)22/h1-4H2,(H,19,20)(H,21,22). The molecule has 0 bridgehead atoms. The number of alkyl halides is 8. The van der Waals surface area contributed by atoms with Crippen LogP contribution in [-0.2, 0) is 9.59 Å². The molecule has 0 unspecified atom stereocenters. The van der Waals surface area contributed by atoms with E-state index in [1.54, 1.807) is 0 Å². The summed E-state index contributed by atoms with van der Waals surface area (Å²) in [6, 6.07) is 0. The van der Waals surface area contributed by atoms with Gasteiger partial charge in [0.05, 0.1) is 12.8 Å². The van der Waals surface area contributed by atoms with Crippen LogP contribution in [0, 0.1) is 0 Å². The third-order valence-electron chi connectivity index (χ3n) is 2.62. The Morgan fingerprint density at radius 3 is 1.05 bits per heavy atom. The molecular formula is C10H10F8O4. The molecule has 12 heteroatoms. The second kappa shape index (κ2) is 6.24. The number of hydrogen-bond acceptors (Lipinski definition) is 2. The van der Waals surface area contributed by atoms with Crippen molar-refractivity contribution in [3.63, 3.8) is 0 Å². The van der Waals surface area contributed by atoms with Crippen LogP contribution in [0.3, 0.4) is 0 Å². The highest BCUT2D eigenvalue weighted by Crippen LogP contribution is 2.54. The lowest BCUT2D eigenvalue weighted by Crippen LogP contribution is -2.62. The third-order valence-corrected chi connectivity index (χ3v) is 2.62. The molecule has 0 aliphatic heterocycles. The van der Waals surface area contributed by atoms with E-state index >= 15 is 0 Å². The molecule has 0 rings (SSSR count). The predicted molar refractivity (Wildman–Crippen MR) is 53.5 cm³/mol. The summed E-state index contributed by atoms with van der Waals surface area (Å²) in [5, 5.41) is 16.1. The summed E-state index contributed by atoms with van der Waals surface area (Å²) in [5.74, 6) is -28.6. The predicted octanol–water partition coefficient (Wildman–Crippen LogP) is 3.26. The van der Waals surface area contributed by atoms with Crippen molar-refractivity contribution in [1.29, 1.82) is 0 Å². The van der Waals surface area contributed by atoms with Gasteiger partial charge in [-0.25, -0.2) is 0 Å². The Labute approximate surface area is 117 Å². The maximum Gasteiger partial charge on any atom is 0.378 e. The number of carboxylic acids is 2. The van der Waals surface area contributed by atoms with Crippen molar-refractivity contribution in [2.45, 2.75) is 49.4 Å². The molecular weight excluding hydrogens is 336 g/mol. The van der Waals surface area contributed by atoms with Crippen molar-refractivity contribution < 1.29 is 54.9 Å². The number of aliphatic carboxylic acids is 2. The van der Waals surface area contributed by atoms with E-state index in [9.17, 15) is 44.7 Å². The minimum atomic E-state index is -6.57. The fourth-order valence-electron chi connectivity index (χ4n) is 1.30. The van der Waals surface area contributed by atoms with Crippen LogP contribution in [0.2, 0.25) is 0 Å².